The summed E-state index contributed by atoms with van der Waals surface area (Å²) in [6.07, 6.45) is 4.04. The molecule has 0 bridgehead atoms. The van der Waals surface area contributed by atoms with Crippen molar-refractivity contribution in [3.05, 3.63) is 33.9 Å². The van der Waals surface area contributed by atoms with Gasteiger partial charge in [-0.05, 0) is 31.5 Å². The summed E-state index contributed by atoms with van der Waals surface area (Å²) in [5.74, 6) is -0.0135. The van der Waals surface area contributed by atoms with Crippen LogP contribution in [0.25, 0.3) is 0 Å². The summed E-state index contributed by atoms with van der Waals surface area (Å²) >= 11 is 0. The number of hydrogen-bond acceptors (Lipinski definition) is 5. The summed E-state index contributed by atoms with van der Waals surface area (Å²) in [4.78, 5) is 27.3. The number of ether oxygens (including phenoxy) is 1. The Morgan fingerprint density at radius 2 is 2.08 bits per heavy atom. The van der Waals surface area contributed by atoms with Crippen LogP contribution in [0.4, 0.5) is 11.4 Å². The molecule has 2 heterocycles. The van der Waals surface area contributed by atoms with Gasteiger partial charge in [0, 0.05) is 25.7 Å². The van der Waals surface area contributed by atoms with E-state index in [9.17, 15) is 14.9 Å². The van der Waals surface area contributed by atoms with E-state index in [1.54, 1.807) is 18.1 Å². The minimum atomic E-state index is -0.421. The van der Waals surface area contributed by atoms with Crippen LogP contribution in [0.1, 0.15) is 24.8 Å². The Morgan fingerprint density at radius 3 is 2.75 bits per heavy atom. The van der Waals surface area contributed by atoms with Crippen molar-refractivity contribution in [2.24, 2.45) is 0 Å². The van der Waals surface area contributed by atoms with E-state index in [-0.39, 0.29) is 17.7 Å². The number of fused-ring (bicyclic) bond motifs is 1. The van der Waals surface area contributed by atoms with Gasteiger partial charge in [0.05, 0.1) is 29.8 Å². The van der Waals surface area contributed by atoms with Gasteiger partial charge in [-0.15, -0.1) is 0 Å². The van der Waals surface area contributed by atoms with Gasteiger partial charge in [-0.3, -0.25) is 19.8 Å². The van der Waals surface area contributed by atoms with Crippen LogP contribution in [-0.2, 0) is 16.0 Å². The minimum Gasteiger partial charge on any atom is -0.379 e. The highest BCUT2D eigenvalue weighted by atomic mass is 16.6. The van der Waals surface area contributed by atoms with Crippen LogP contribution >= 0.6 is 0 Å². The van der Waals surface area contributed by atoms with Gasteiger partial charge in [0.15, 0.2) is 0 Å². The molecule has 2 aliphatic rings. The lowest BCUT2D eigenvalue weighted by molar-refractivity contribution is -0.384. The molecule has 7 nitrogen and oxygen atoms in total. The van der Waals surface area contributed by atoms with Crippen molar-refractivity contribution in [2.45, 2.75) is 31.8 Å². The Morgan fingerprint density at radius 1 is 1.33 bits per heavy atom. The molecule has 130 valence electrons. The molecule has 7 heteroatoms. The smallest absolute Gasteiger partial charge is 0.271 e. The molecule has 1 unspecified atom stereocenters. The van der Waals surface area contributed by atoms with Gasteiger partial charge in [0.2, 0.25) is 5.91 Å². The third-order valence-electron chi connectivity index (χ3n) is 4.85. The summed E-state index contributed by atoms with van der Waals surface area (Å²) in [7, 11) is 1.63. The van der Waals surface area contributed by atoms with E-state index in [0.29, 0.717) is 25.2 Å². The van der Waals surface area contributed by atoms with Crippen molar-refractivity contribution in [1.82, 2.24) is 4.90 Å². The first-order chi connectivity index (χ1) is 11.6. The van der Waals surface area contributed by atoms with Gasteiger partial charge in [-0.1, -0.05) is 12.5 Å². The number of nitrogens with zero attached hydrogens (tertiary/aromatic N) is 3. The second-order valence-corrected chi connectivity index (χ2v) is 6.47. The third kappa shape index (κ3) is 3.57. The van der Waals surface area contributed by atoms with Crippen molar-refractivity contribution >= 4 is 17.3 Å². The largest absolute Gasteiger partial charge is 0.379 e. The zero-order chi connectivity index (χ0) is 17.1. The summed E-state index contributed by atoms with van der Waals surface area (Å²) < 4.78 is 5.45. The number of benzene rings is 1. The quantitative estimate of drug-likeness (QED) is 0.622. The average molecular weight is 333 g/mol. The third-order valence-corrected chi connectivity index (χ3v) is 4.85. The standard InChI is InChI=1S/C17H23N3O4/c1-24-15-9-13-5-6-14(20(22)23)10-16(13)19(11-15)17(21)12-18-7-3-2-4-8-18/h5-6,10,15H,2-4,7-9,11-12H2,1H3. The van der Waals surface area contributed by atoms with Crippen LogP contribution in [-0.4, -0.2) is 55.1 Å². The summed E-state index contributed by atoms with van der Waals surface area (Å²) in [6.45, 7) is 2.68. The Labute approximate surface area is 141 Å². The van der Waals surface area contributed by atoms with E-state index in [4.69, 9.17) is 4.74 Å². The summed E-state index contributed by atoms with van der Waals surface area (Å²) in [6, 6.07) is 4.74. The molecule has 1 fully saturated rings. The van der Waals surface area contributed by atoms with Crippen LogP contribution in [0.3, 0.4) is 0 Å². The van der Waals surface area contributed by atoms with E-state index < -0.39 is 4.92 Å². The minimum absolute atomic E-state index is 0.0135. The Hall–Kier alpha value is -1.99. The second kappa shape index (κ2) is 7.27. The SMILES string of the molecule is COC1Cc2ccc([N+](=O)[O-])cc2N(C(=O)CN2CCCCC2)C1. The van der Waals surface area contributed by atoms with E-state index in [1.807, 2.05) is 0 Å². The maximum atomic E-state index is 12.8. The zero-order valence-corrected chi connectivity index (χ0v) is 13.9. The molecule has 0 saturated carbocycles. The molecule has 0 spiro atoms. The maximum absolute atomic E-state index is 12.8. The molecule has 3 rings (SSSR count). The number of non-ortho nitro benzene ring substituents is 1. The molecule has 2 aliphatic heterocycles. The number of nitro benzene ring substituents is 1. The molecule has 1 aromatic rings. The monoisotopic (exact) mass is 333 g/mol. The number of nitro groups is 1. The number of amides is 1. The van der Waals surface area contributed by atoms with E-state index in [0.717, 1.165) is 31.5 Å². The van der Waals surface area contributed by atoms with Crippen LogP contribution in [0.2, 0.25) is 0 Å². The first-order valence-electron chi connectivity index (χ1n) is 8.41. The first-order valence-corrected chi connectivity index (χ1v) is 8.41. The fraction of sp³-hybridized carbons (Fsp3) is 0.588. The fourth-order valence-electron chi connectivity index (χ4n) is 3.49. The Kier molecular flexibility index (Phi) is 5.11. The average Bonchev–Trinajstić information content (AvgIpc) is 2.60. The van der Waals surface area contributed by atoms with Gasteiger partial charge < -0.3 is 9.64 Å². The Balaban J connectivity index is 1.84. The van der Waals surface area contributed by atoms with Gasteiger partial charge in [-0.25, -0.2) is 0 Å². The number of rotatable bonds is 4. The van der Waals surface area contributed by atoms with E-state index in [1.165, 1.54) is 18.6 Å². The van der Waals surface area contributed by atoms with Crippen molar-refractivity contribution in [3.8, 4) is 0 Å². The predicted molar refractivity (Wildman–Crippen MR) is 90.2 cm³/mol. The summed E-state index contributed by atoms with van der Waals surface area (Å²) in [5.41, 5.74) is 1.59. The summed E-state index contributed by atoms with van der Waals surface area (Å²) in [5, 5.41) is 11.1. The molecule has 1 aromatic carbocycles. The molecular weight excluding hydrogens is 310 g/mol. The van der Waals surface area contributed by atoms with Gasteiger partial charge in [-0.2, -0.15) is 0 Å². The van der Waals surface area contributed by atoms with Crippen LogP contribution in [0.15, 0.2) is 18.2 Å². The van der Waals surface area contributed by atoms with Crippen molar-refractivity contribution in [3.63, 3.8) is 0 Å². The van der Waals surface area contributed by atoms with Gasteiger partial charge in [0.1, 0.15) is 0 Å². The van der Waals surface area contributed by atoms with E-state index in [2.05, 4.69) is 4.90 Å². The number of likely N-dealkylation sites (tertiary alicyclic amines) is 1. The van der Waals surface area contributed by atoms with Gasteiger partial charge in [0.25, 0.3) is 5.69 Å². The topological polar surface area (TPSA) is 75.9 Å². The molecule has 1 saturated heterocycles. The highest BCUT2D eigenvalue weighted by Gasteiger charge is 2.31. The number of carbonyl (C=O) groups is 1. The van der Waals surface area contributed by atoms with Gasteiger partial charge >= 0.3 is 0 Å². The number of anilines is 1. The molecule has 0 aliphatic carbocycles. The lowest BCUT2D eigenvalue weighted by atomic mass is 9.98. The number of piperidine rings is 1. The van der Waals surface area contributed by atoms with Crippen molar-refractivity contribution in [1.29, 1.82) is 0 Å². The van der Waals surface area contributed by atoms with Crippen molar-refractivity contribution < 1.29 is 14.5 Å². The van der Waals surface area contributed by atoms with Crippen LogP contribution in [0.5, 0.6) is 0 Å². The molecular formula is C17H23N3O4. The lowest BCUT2D eigenvalue weighted by Crippen LogP contribution is -2.48. The molecule has 1 amide bonds. The fourth-order valence-corrected chi connectivity index (χ4v) is 3.49. The number of hydrogen-bond donors (Lipinski definition) is 0. The number of carbonyl (C=O) groups excluding carboxylic acids is 1. The van der Waals surface area contributed by atoms with Crippen molar-refractivity contribution in [2.75, 3.05) is 38.2 Å². The molecule has 1 atom stereocenters. The highest BCUT2D eigenvalue weighted by molar-refractivity contribution is 5.96. The molecule has 0 radical (unpaired) electrons. The zero-order valence-electron chi connectivity index (χ0n) is 13.9. The lowest BCUT2D eigenvalue weighted by Gasteiger charge is -2.35. The first kappa shape index (κ1) is 16.9. The predicted octanol–water partition coefficient (Wildman–Crippen LogP) is 1.98. The normalized spacial score (nSPS) is 21.4. The second-order valence-electron chi connectivity index (χ2n) is 6.47. The maximum Gasteiger partial charge on any atom is 0.271 e. The molecule has 0 aromatic heterocycles. The van der Waals surface area contributed by atoms with Crippen LogP contribution < -0.4 is 4.90 Å². The highest BCUT2D eigenvalue weighted by Crippen LogP contribution is 2.32. The molecule has 24 heavy (non-hydrogen) atoms. The molecule has 0 N–H and O–H groups in total. The Bertz CT molecular complexity index is 628. The van der Waals surface area contributed by atoms with E-state index >= 15 is 0 Å². The number of methoxy groups -OCH3 is 1. The van der Waals surface area contributed by atoms with Crippen LogP contribution in [0, 0.1) is 10.1 Å².